The summed E-state index contributed by atoms with van der Waals surface area (Å²) < 4.78 is 0. The van der Waals surface area contributed by atoms with Gasteiger partial charge in [-0.25, -0.2) is 0 Å². The average Bonchev–Trinajstić information content (AvgIpc) is 2.36. The molecule has 0 aromatic heterocycles. The van der Waals surface area contributed by atoms with Crippen LogP contribution in [-0.4, -0.2) is 24.2 Å². The highest BCUT2D eigenvalue weighted by Crippen LogP contribution is 2.12. The van der Waals surface area contributed by atoms with E-state index in [0.29, 0.717) is 23.7 Å². The van der Waals surface area contributed by atoms with Crippen molar-refractivity contribution in [2.24, 2.45) is 5.92 Å². The molecule has 0 aliphatic heterocycles. The number of benzene rings is 1. The zero-order valence-corrected chi connectivity index (χ0v) is 10.9. The van der Waals surface area contributed by atoms with Crippen LogP contribution < -0.4 is 11.1 Å². The summed E-state index contributed by atoms with van der Waals surface area (Å²) in [6.07, 6.45) is 2.78. The first kappa shape index (κ1) is 14.5. The number of hydrogen-bond acceptors (Lipinski definition) is 3. The molecule has 0 bridgehead atoms. The molecule has 1 aromatic rings. The third-order valence-corrected chi connectivity index (χ3v) is 2.99. The number of aliphatic hydroxyl groups excluding tert-OH is 1. The summed E-state index contributed by atoms with van der Waals surface area (Å²) >= 11 is 0. The van der Waals surface area contributed by atoms with Crippen LogP contribution in [0.2, 0.25) is 0 Å². The Kier molecular flexibility index (Phi) is 6.22. The third-order valence-electron chi connectivity index (χ3n) is 2.99. The molecule has 1 aromatic carbocycles. The van der Waals surface area contributed by atoms with Gasteiger partial charge in [0.15, 0.2) is 0 Å². The second-order valence-corrected chi connectivity index (χ2v) is 4.46. The lowest BCUT2D eigenvalue weighted by Gasteiger charge is -2.16. The molecule has 0 aliphatic carbocycles. The molecule has 1 rings (SSSR count). The van der Waals surface area contributed by atoms with Crippen LogP contribution in [0.1, 0.15) is 36.5 Å². The first-order valence-electron chi connectivity index (χ1n) is 6.42. The van der Waals surface area contributed by atoms with Gasteiger partial charge in [-0.3, -0.25) is 4.79 Å². The lowest BCUT2D eigenvalue weighted by molar-refractivity contribution is 0.0944. The second-order valence-electron chi connectivity index (χ2n) is 4.46. The van der Waals surface area contributed by atoms with Crippen molar-refractivity contribution in [3.05, 3.63) is 29.8 Å². The van der Waals surface area contributed by atoms with Gasteiger partial charge in [0.05, 0.1) is 5.56 Å². The SMILES string of the molecule is CCCC(CCO)CNC(=O)c1ccccc1N. The highest BCUT2D eigenvalue weighted by molar-refractivity contribution is 5.99. The Balaban J connectivity index is 2.52. The Morgan fingerprint density at radius 1 is 1.39 bits per heavy atom. The van der Waals surface area contributed by atoms with Crippen molar-refractivity contribution in [2.75, 3.05) is 18.9 Å². The summed E-state index contributed by atoms with van der Waals surface area (Å²) in [4.78, 5) is 11.9. The van der Waals surface area contributed by atoms with E-state index in [1.165, 1.54) is 0 Å². The highest BCUT2D eigenvalue weighted by Gasteiger charge is 2.12. The van der Waals surface area contributed by atoms with Crippen LogP contribution in [0.15, 0.2) is 24.3 Å². The van der Waals surface area contributed by atoms with Gasteiger partial charge in [0, 0.05) is 18.8 Å². The van der Waals surface area contributed by atoms with Crippen LogP contribution in [0.3, 0.4) is 0 Å². The third kappa shape index (κ3) is 4.37. The van der Waals surface area contributed by atoms with E-state index in [9.17, 15) is 4.79 Å². The van der Waals surface area contributed by atoms with Crippen LogP contribution in [0.5, 0.6) is 0 Å². The van der Waals surface area contributed by atoms with Gasteiger partial charge in [-0.15, -0.1) is 0 Å². The van der Waals surface area contributed by atoms with E-state index in [-0.39, 0.29) is 12.5 Å². The molecule has 0 radical (unpaired) electrons. The van der Waals surface area contributed by atoms with E-state index in [1.54, 1.807) is 24.3 Å². The number of rotatable bonds is 7. The second kappa shape index (κ2) is 7.71. The molecule has 0 saturated heterocycles. The zero-order chi connectivity index (χ0) is 13.4. The molecule has 18 heavy (non-hydrogen) atoms. The quantitative estimate of drug-likeness (QED) is 0.646. The molecule has 0 heterocycles. The molecular formula is C14H22N2O2. The van der Waals surface area contributed by atoms with E-state index < -0.39 is 0 Å². The van der Waals surface area contributed by atoms with Crippen LogP contribution in [-0.2, 0) is 0 Å². The molecule has 0 fully saturated rings. The fraction of sp³-hybridized carbons (Fsp3) is 0.500. The van der Waals surface area contributed by atoms with Crippen molar-refractivity contribution >= 4 is 11.6 Å². The number of nitrogens with two attached hydrogens (primary N) is 1. The number of anilines is 1. The van der Waals surface area contributed by atoms with Crippen LogP contribution in [0.25, 0.3) is 0 Å². The van der Waals surface area contributed by atoms with Gasteiger partial charge in [-0.1, -0.05) is 25.5 Å². The summed E-state index contributed by atoms with van der Waals surface area (Å²) in [6.45, 7) is 2.84. The Hall–Kier alpha value is -1.55. The van der Waals surface area contributed by atoms with Gasteiger partial charge in [0.25, 0.3) is 5.91 Å². The van der Waals surface area contributed by atoms with Crippen molar-refractivity contribution in [3.63, 3.8) is 0 Å². The maximum atomic E-state index is 11.9. The Labute approximate surface area is 108 Å². The standard InChI is InChI=1S/C14H22N2O2/c1-2-5-11(8-9-17)10-16-14(18)12-6-3-4-7-13(12)15/h3-4,6-7,11,17H,2,5,8-10,15H2,1H3,(H,16,18). The van der Waals surface area contributed by atoms with Crippen LogP contribution in [0, 0.1) is 5.92 Å². The van der Waals surface area contributed by atoms with E-state index >= 15 is 0 Å². The lowest BCUT2D eigenvalue weighted by Crippen LogP contribution is -2.30. The molecule has 4 N–H and O–H groups in total. The fourth-order valence-electron chi connectivity index (χ4n) is 1.98. The number of carbonyl (C=O) groups is 1. The molecular weight excluding hydrogens is 228 g/mol. The molecule has 0 aliphatic rings. The smallest absolute Gasteiger partial charge is 0.253 e. The van der Waals surface area contributed by atoms with Gasteiger partial charge in [0.2, 0.25) is 0 Å². The molecule has 100 valence electrons. The maximum Gasteiger partial charge on any atom is 0.253 e. The average molecular weight is 250 g/mol. The summed E-state index contributed by atoms with van der Waals surface area (Å²) in [6, 6.07) is 7.03. The lowest BCUT2D eigenvalue weighted by atomic mass is 10.00. The minimum absolute atomic E-state index is 0.146. The number of hydrogen-bond donors (Lipinski definition) is 3. The van der Waals surface area contributed by atoms with Gasteiger partial charge in [-0.05, 0) is 30.9 Å². The number of carbonyl (C=O) groups excluding carboxylic acids is 1. The van der Waals surface area contributed by atoms with Crippen molar-refractivity contribution < 1.29 is 9.90 Å². The highest BCUT2D eigenvalue weighted by atomic mass is 16.3. The first-order chi connectivity index (χ1) is 8.69. The number of nitrogen functional groups attached to an aromatic ring is 1. The van der Waals surface area contributed by atoms with Crippen LogP contribution >= 0.6 is 0 Å². The minimum Gasteiger partial charge on any atom is -0.398 e. The predicted octanol–water partition coefficient (Wildman–Crippen LogP) is 1.80. The number of nitrogens with one attached hydrogen (secondary N) is 1. The van der Waals surface area contributed by atoms with Crippen molar-refractivity contribution in [1.82, 2.24) is 5.32 Å². The maximum absolute atomic E-state index is 11.9. The molecule has 4 nitrogen and oxygen atoms in total. The van der Waals surface area contributed by atoms with Crippen molar-refractivity contribution in [1.29, 1.82) is 0 Å². The van der Waals surface area contributed by atoms with Crippen molar-refractivity contribution in [2.45, 2.75) is 26.2 Å². The summed E-state index contributed by atoms with van der Waals surface area (Å²) in [5, 5.41) is 11.8. The van der Waals surface area contributed by atoms with Gasteiger partial charge in [-0.2, -0.15) is 0 Å². The van der Waals surface area contributed by atoms with Crippen molar-refractivity contribution in [3.8, 4) is 0 Å². The molecule has 4 heteroatoms. The van der Waals surface area contributed by atoms with E-state index in [1.807, 2.05) is 0 Å². The van der Waals surface area contributed by atoms with Crippen LogP contribution in [0.4, 0.5) is 5.69 Å². The van der Waals surface area contributed by atoms with Gasteiger partial charge >= 0.3 is 0 Å². The first-order valence-corrected chi connectivity index (χ1v) is 6.42. The Morgan fingerprint density at radius 2 is 2.11 bits per heavy atom. The zero-order valence-electron chi connectivity index (χ0n) is 10.9. The fourth-order valence-corrected chi connectivity index (χ4v) is 1.98. The molecule has 1 unspecified atom stereocenters. The van der Waals surface area contributed by atoms with E-state index in [4.69, 9.17) is 10.8 Å². The normalized spacial score (nSPS) is 12.1. The number of aliphatic hydroxyl groups is 1. The predicted molar refractivity (Wildman–Crippen MR) is 73.3 cm³/mol. The molecule has 0 saturated carbocycles. The van der Waals surface area contributed by atoms with Gasteiger partial charge in [0.1, 0.15) is 0 Å². The van der Waals surface area contributed by atoms with Gasteiger partial charge < -0.3 is 16.2 Å². The largest absolute Gasteiger partial charge is 0.398 e. The molecule has 0 spiro atoms. The Bertz CT molecular complexity index is 374. The van der Waals surface area contributed by atoms with E-state index in [2.05, 4.69) is 12.2 Å². The number of para-hydroxylation sites is 1. The summed E-state index contributed by atoms with van der Waals surface area (Å²) in [5.74, 6) is 0.182. The molecule has 1 amide bonds. The summed E-state index contributed by atoms with van der Waals surface area (Å²) in [5.41, 5.74) is 6.75. The minimum atomic E-state index is -0.146. The van der Waals surface area contributed by atoms with E-state index in [0.717, 1.165) is 19.3 Å². The summed E-state index contributed by atoms with van der Waals surface area (Å²) in [7, 11) is 0. The Morgan fingerprint density at radius 3 is 2.72 bits per heavy atom. The molecule has 1 atom stereocenters. The number of amides is 1. The topological polar surface area (TPSA) is 75.3 Å². The monoisotopic (exact) mass is 250 g/mol.